The fraction of sp³-hybridized carbons (Fsp3) is 0. The van der Waals surface area contributed by atoms with Gasteiger partial charge in [-0.3, -0.25) is 0 Å². The van der Waals surface area contributed by atoms with Crippen LogP contribution in [0.4, 0.5) is 17.1 Å². The van der Waals surface area contributed by atoms with Gasteiger partial charge in [-0.25, -0.2) is 0 Å². The van der Waals surface area contributed by atoms with E-state index in [1.54, 1.807) is 0 Å². The van der Waals surface area contributed by atoms with Crippen LogP contribution in [0.15, 0.2) is 180 Å². The molecule has 10 aromatic rings. The molecule has 230 valence electrons. The van der Waals surface area contributed by atoms with Crippen LogP contribution in [0.1, 0.15) is 0 Å². The molecule has 0 N–H and O–H groups in total. The van der Waals surface area contributed by atoms with Crippen molar-refractivity contribution in [2.75, 3.05) is 4.90 Å². The molecule has 0 atom stereocenters. The van der Waals surface area contributed by atoms with E-state index in [2.05, 4.69) is 175 Å². The number of hydrogen-bond acceptors (Lipinski definition) is 3. The molecule has 0 amide bonds. The summed E-state index contributed by atoms with van der Waals surface area (Å²) < 4.78 is 9.26. The Labute approximate surface area is 287 Å². The van der Waals surface area contributed by atoms with E-state index in [-0.39, 0.29) is 0 Å². The lowest BCUT2D eigenvalue weighted by Gasteiger charge is -2.28. The van der Waals surface area contributed by atoms with Crippen molar-refractivity contribution in [3.8, 4) is 22.3 Å². The third kappa shape index (κ3) is 4.47. The van der Waals surface area contributed by atoms with E-state index >= 15 is 0 Å². The molecule has 10 rings (SSSR count). The molecule has 0 saturated carbocycles. The highest BCUT2D eigenvalue weighted by atomic mass is 32.1. The van der Waals surface area contributed by atoms with Gasteiger partial charge in [0.2, 0.25) is 0 Å². The number of rotatable bonds is 5. The van der Waals surface area contributed by atoms with Crippen molar-refractivity contribution in [1.29, 1.82) is 0 Å². The molecule has 0 unspecified atom stereocenters. The summed E-state index contributed by atoms with van der Waals surface area (Å²) in [5.74, 6) is 0. The van der Waals surface area contributed by atoms with Crippen molar-refractivity contribution in [2.24, 2.45) is 0 Å². The highest BCUT2D eigenvalue weighted by Gasteiger charge is 2.23. The van der Waals surface area contributed by atoms with Gasteiger partial charge in [0.1, 0.15) is 5.58 Å². The van der Waals surface area contributed by atoms with Gasteiger partial charge in [-0.2, -0.15) is 0 Å². The molecule has 8 aromatic carbocycles. The maximum absolute atomic E-state index is 6.67. The van der Waals surface area contributed by atoms with Crippen LogP contribution in [-0.2, 0) is 0 Å². The summed E-state index contributed by atoms with van der Waals surface area (Å²) in [7, 11) is 0. The van der Waals surface area contributed by atoms with Crippen molar-refractivity contribution >= 4 is 81.3 Å². The first-order valence-electron chi connectivity index (χ1n) is 16.6. The number of furan rings is 1. The first-order chi connectivity index (χ1) is 24.3. The predicted molar refractivity (Wildman–Crippen MR) is 210 cm³/mol. The van der Waals surface area contributed by atoms with Gasteiger partial charge in [-0.05, 0) is 64.5 Å². The van der Waals surface area contributed by atoms with Crippen molar-refractivity contribution in [1.82, 2.24) is 0 Å². The molecule has 0 bridgehead atoms. The second-order valence-electron chi connectivity index (χ2n) is 12.5. The molecule has 0 aliphatic heterocycles. The molecule has 0 spiro atoms. The number of anilines is 3. The van der Waals surface area contributed by atoms with Crippen molar-refractivity contribution < 1.29 is 4.42 Å². The van der Waals surface area contributed by atoms with E-state index < -0.39 is 0 Å². The number of benzene rings is 8. The molecule has 49 heavy (non-hydrogen) atoms. The topological polar surface area (TPSA) is 16.4 Å². The number of hydrogen-bond donors (Lipinski definition) is 0. The minimum Gasteiger partial charge on any atom is -0.454 e. The molecule has 3 heteroatoms. The highest BCUT2D eigenvalue weighted by Crippen LogP contribution is 2.48. The van der Waals surface area contributed by atoms with Crippen molar-refractivity contribution in [2.45, 2.75) is 0 Å². The van der Waals surface area contributed by atoms with Crippen molar-refractivity contribution in [3.05, 3.63) is 176 Å². The molecule has 2 heterocycles. The van der Waals surface area contributed by atoms with E-state index in [1.165, 1.54) is 47.6 Å². The second-order valence-corrected chi connectivity index (χ2v) is 13.5. The lowest BCUT2D eigenvalue weighted by Crippen LogP contribution is -2.11. The van der Waals surface area contributed by atoms with Crippen LogP contribution < -0.4 is 4.90 Å². The molecule has 0 aliphatic rings. The van der Waals surface area contributed by atoms with Gasteiger partial charge in [0.05, 0.1) is 11.4 Å². The van der Waals surface area contributed by atoms with Crippen LogP contribution >= 0.6 is 11.3 Å². The third-order valence-electron chi connectivity index (χ3n) is 9.66. The largest absolute Gasteiger partial charge is 0.454 e. The van der Waals surface area contributed by atoms with Crippen LogP contribution in [0, 0.1) is 0 Å². The third-order valence-corrected chi connectivity index (χ3v) is 10.9. The highest BCUT2D eigenvalue weighted by molar-refractivity contribution is 7.26. The van der Waals surface area contributed by atoms with E-state index in [0.717, 1.165) is 44.6 Å². The average molecular weight is 644 g/mol. The fourth-order valence-corrected chi connectivity index (χ4v) is 8.63. The monoisotopic (exact) mass is 643 g/mol. The summed E-state index contributed by atoms with van der Waals surface area (Å²) in [6.07, 6.45) is 0. The summed E-state index contributed by atoms with van der Waals surface area (Å²) in [5.41, 5.74) is 9.75. The van der Waals surface area contributed by atoms with E-state index in [9.17, 15) is 0 Å². The lowest BCUT2D eigenvalue weighted by molar-refractivity contribution is 0.669. The molecule has 0 radical (unpaired) electrons. The van der Waals surface area contributed by atoms with Crippen LogP contribution in [-0.4, -0.2) is 0 Å². The molecule has 2 aromatic heterocycles. The Morgan fingerprint density at radius 3 is 1.86 bits per heavy atom. The zero-order valence-corrected chi connectivity index (χ0v) is 27.3. The van der Waals surface area contributed by atoms with Crippen molar-refractivity contribution in [3.63, 3.8) is 0 Å². The number of thiophene rings is 1. The van der Waals surface area contributed by atoms with Crippen LogP contribution in [0.3, 0.4) is 0 Å². The summed E-state index contributed by atoms with van der Waals surface area (Å²) in [4.78, 5) is 2.38. The smallest absolute Gasteiger partial charge is 0.159 e. The zero-order valence-electron chi connectivity index (χ0n) is 26.5. The molecular weight excluding hydrogens is 615 g/mol. The quantitative estimate of drug-likeness (QED) is 0.186. The Morgan fingerprint density at radius 1 is 0.408 bits per heavy atom. The predicted octanol–water partition coefficient (Wildman–Crippen LogP) is 13.9. The maximum Gasteiger partial charge on any atom is 0.159 e. The number of nitrogens with zero attached hydrogens (tertiary/aromatic N) is 1. The first-order valence-corrected chi connectivity index (χ1v) is 17.4. The molecule has 2 nitrogen and oxygen atoms in total. The zero-order chi connectivity index (χ0) is 32.3. The van der Waals surface area contributed by atoms with Gasteiger partial charge >= 0.3 is 0 Å². The first kappa shape index (κ1) is 27.9. The molecule has 0 saturated heterocycles. The van der Waals surface area contributed by atoms with E-state index in [0.29, 0.717) is 0 Å². The summed E-state index contributed by atoms with van der Waals surface area (Å²) in [6.45, 7) is 0. The summed E-state index contributed by atoms with van der Waals surface area (Å²) in [6, 6.07) is 63.1. The van der Waals surface area contributed by atoms with Crippen LogP contribution in [0.2, 0.25) is 0 Å². The van der Waals surface area contributed by atoms with Gasteiger partial charge in [0.15, 0.2) is 5.58 Å². The molecule has 0 fully saturated rings. The number of para-hydroxylation sites is 3. The Morgan fingerprint density at radius 2 is 1.04 bits per heavy atom. The van der Waals surface area contributed by atoms with Gasteiger partial charge in [-0.15, -0.1) is 11.3 Å². The summed E-state index contributed by atoms with van der Waals surface area (Å²) in [5, 5.41) is 7.33. The Kier molecular flexibility index (Phi) is 6.39. The van der Waals surface area contributed by atoms with Gasteiger partial charge in [0, 0.05) is 47.6 Å². The SMILES string of the molecule is c1ccc(-c2ccccc2N(c2ccc3sc4c5ccccc5c(-c5ccccc5)cc4c3c2)c2cccc3c2oc2ccccc23)cc1. The second kappa shape index (κ2) is 11.2. The van der Waals surface area contributed by atoms with Crippen LogP contribution in [0.5, 0.6) is 0 Å². The van der Waals surface area contributed by atoms with E-state index in [4.69, 9.17) is 4.42 Å². The average Bonchev–Trinajstić information content (AvgIpc) is 3.74. The Bertz CT molecular complexity index is 2830. The van der Waals surface area contributed by atoms with Gasteiger partial charge < -0.3 is 9.32 Å². The van der Waals surface area contributed by atoms with Gasteiger partial charge in [0.25, 0.3) is 0 Å². The minimum absolute atomic E-state index is 0.874. The summed E-state index contributed by atoms with van der Waals surface area (Å²) >= 11 is 1.88. The van der Waals surface area contributed by atoms with Gasteiger partial charge in [-0.1, -0.05) is 133 Å². The Hall–Kier alpha value is -6.16. The number of fused-ring (bicyclic) bond motifs is 8. The molecule has 0 aliphatic carbocycles. The Balaban J connectivity index is 1.28. The maximum atomic E-state index is 6.67. The molecular formula is C46H29NOS. The normalized spacial score (nSPS) is 11.7. The fourth-order valence-electron chi connectivity index (χ4n) is 7.43. The minimum atomic E-state index is 0.874. The standard InChI is InChI=1S/C46H29NOS/c1-3-14-30(15-4-1)33-18-9-11-23-41(33)47(42-24-13-22-36-35-20-10-12-25-43(35)48-45(36)42)32-26-27-44-39(28-32)40-29-38(31-16-5-2-6-17-31)34-19-7-8-21-37(34)46(40)49-44/h1-29H. The van der Waals surface area contributed by atoms with E-state index in [1.807, 2.05) is 17.4 Å². The lowest BCUT2D eigenvalue weighted by atomic mass is 9.95. The van der Waals surface area contributed by atoms with Crippen LogP contribution in [0.25, 0.3) is 75.1 Å².